The van der Waals surface area contributed by atoms with E-state index >= 15 is 0 Å². The fraction of sp³-hybridized carbons (Fsp3) is 0.444. The summed E-state index contributed by atoms with van der Waals surface area (Å²) in [6.45, 7) is 10.1. The van der Waals surface area contributed by atoms with Gasteiger partial charge >= 0.3 is 12.2 Å². The summed E-state index contributed by atoms with van der Waals surface area (Å²) in [5.41, 5.74) is 4.96. The van der Waals surface area contributed by atoms with Crippen LogP contribution in [0.15, 0.2) is 24.9 Å². The summed E-state index contributed by atoms with van der Waals surface area (Å²) in [5.74, 6) is 0.164. The van der Waals surface area contributed by atoms with Gasteiger partial charge in [-0.1, -0.05) is 0 Å². The van der Waals surface area contributed by atoms with Crippen molar-refractivity contribution in [3.05, 3.63) is 24.9 Å². The molecule has 2 N–H and O–H groups in total. The van der Waals surface area contributed by atoms with Crippen molar-refractivity contribution in [2.75, 3.05) is 10.6 Å². The van der Waals surface area contributed by atoms with Crippen molar-refractivity contribution in [1.82, 2.24) is 19.9 Å². The van der Waals surface area contributed by atoms with Gasteiger partial charge in [-0.05, 0) is 41.5 Å². The number of carbonyl (C=O) groups excluding carboxylic acids is 2. The Hall–Kier alpha value is -3.30. The minimum Gasteiger partial charge on any atom is -0.443 e. The Bertz CT molecular complexity index is 845. The molecule has 28 heavy (non-hydrogen) atoms. The van der Waals surface area contributed by atoms with Crippen LogP contribution in [-0.4, -0.2) is 43.3 Å². The smallest absolute Gasteiger partial charge is 0.425 e. The second-order valence-corrected chi connectivity index (χ2v) is 7.88. The van der Waals surface area contributed by atoms with Gasteiger partial charge in [0, 0.05) is 12.3 Å². The van der Waals surface area contributed by atoms with Gasteiger partial charge in [-0.15, -0.1) is 0 Å². The topological polar surface area (TPSA) is 133 Å². The first-order valence-electron chi connectivity index (χ1n) is 8.51. The molecule has 0 saturated carbocycles. The largest absolute Gasteiger partial charge is 0.443 e. The maximum absolute atomic E-state index is 12.7. The van der Waals surface area contributed by atoms with Crippen molar-refractivity contribution in [1.29, 1.82) is 0 Å². The van der Waals surface area contributed by atoms with Crippen LogP contribution in [0, 0.1) is 0 Å². The number of ether oxygens (including phenoxy) is 2. The number of nitrogens with zero attached hydrogens (tertiary/aromatic N) is 5. The monoisotopic (exact) mass is 388 g/mol. The minimum absolute atomic E-state index is 0.0308. The van der Waals surface area contributed by atoms with Crippen LogP contribution in [0.25, 0.3) is 11.3 Å². The molecular weight excluding hydrogens is 364 g/mol. The first-order chi connectivity index (χ1) is 12.9. The Morgan fingerprint density at radius 2 is 1.50 bits per heavy atom. The SMILES string of the molecule is CC(C)(C)OC(=O)N(C(=O)OC(C)(C)C)c1cc(-c2cncnc2N)ncn1. The average Bonchev–Trinajstić information content (AvgIpc) is 2.52. The molecule has 0 atom stereocenters. The van der Waals surface area contributed by atoms with Crippen LogP contribution >= 0.6 is 0 Å². The van der Waals surface area contributed by atoms with Crippen LogP contribution in [-0.2, 0) is 9.47 Å². The van der Waals surface area contributed by atoms with Crippen LogP contribution in [0.5, 0.6) is 0 Å². The molecule has 2 heterocycles. The Balaban J connectivity index is 2.48. The highest BCUT2D eigenvalue weighted by Crippen LogP contribution is 2.26. The lowest BCUT2D eigenvalue weighted by Gasteiger charge is -2.28. The number of carbonyl (C=O) groups is 2. The molecule has 0 saturated heterocycles. The molecule has 0 aliphatic carbocycles. The van der Waals surface area contributed by atoms with E-state index in [9.17, 15) is 9.59 Å². The third-order valence-corrected chi connectivity index (χ3v) is 3.05. The van der Waals surface area contributed by atoms with Crippen molar-refractivity contribution >= 4 is 23.8 Å². The predicted molar refractivity (Wildman–Crippen MR) is 102 cm³/mol. The van der Waals surface area contributed by atoms with Gasteiger partial charge in [-0.2, -0.15) is 4.90 Å². The van der Waals surface area contributed by atoms with Crippen LogP contribution in [0.1, 0.15) is 41.5 Å². The first kappa shape index (κ1) is 21.0. The number of nitrogens with two attached hydrogens (primary N) is 1. The molecule has 10 heteroatoms. The zero-order chi connectivity index (χ0) is 21.1. The molecule has 2 rings (SSSR count). The number of nitrogen functional groups attached to an aromatic ring is 1. The highest BCUT2D eigenvalue weighted by Gasteiger charge is 2.33. The maximum atomic E-state index is 12.7. The number of hydrogen-bond acceptors (Lipinski definition) is 9. The van der Waals surface area contributed by atoms with Crippen LogP contribution in [0.2, 0.25) is 0 Å². The lowest BCUT2D eigenvalue weighted by atomic mass is 10.2. The molecule has 0 spiro atoms. The third kappa shape index (κ3) is 5.60. The molecule has 0 fully saturated rings. The standard InChI is InChI=1S/C18H24N6O4/c1-17(2,3)27-15(25)24(16(26)28-18(4,5)6)13-7-12(21-10-22-13)11-8-20-9-23-14(11)19/h7-10H,1-6H3,(H2,19,20,23). The van der Waals surface area contributed by atoms with E-state index in [0.29, 0.717) is 16.2 Å². The number of rotatable bonds is 2. The normalized spacial score (nSPS) is 11.6. The van der Waals surface area contributed by atoms with Crippen molar-refractivity contribution < 1.29 is 19.1 Å². The summed E-state index contributed by atoms with van der Waals surface area (Å²) >= 11 is 0. The fourth-order valence-corrected chi connectivity index (χ4v) is 2.03. The Kier molecular flexibility index (Phi) is 5.81. The average molecular weight is 388 g/mol. The first-order valence-corrected chi connectivity index (χ1v) is 8.51. The van der Waals surface area contributed by atoms with Gasteiger partial charge < -0.3 is 15.2 Å². The molecular formula is C18H24N6O4. The number of aromatic nitrogens is 4. The molecule has 0 radical (unpaired) electrons. The van der Waals surface area contributed by atoms with Gasteiger partial charge in [0.25, 0.3) is 0 Å². The van der Waals surface area contributed by atoms with E-state index in [1.165, 1.54) is 24.9 Å². The van der Waals surface area contributed by atoms with Crippen molar-refractivity contribution in [2.24, 2.45) is 0 Å². The van der Waals surface area contributed by atoms with Gasteiger partial charge in [0.1, 0.15) is 29.7 Å². The summed E-state index contributed by atoms with van der Waals surface area (Å²) in [6.07, 6.45) is 2.11. The molecule has 10 nitrogen and oxygen atoms in total. The van der Waals surface area contributed by atoms with E-state index in [-0.39, 0.29) is 11.6 Å². The Morgan fingerprint density at radius 3 is 2.00 bits per heavy atom. The van der Waals surface area contributed by atoms with E-state index < -0.39 is 23.4 Å². The molecule has 2 aromatic rings. The second-order valence-electron chi connectivity index (χ2n) is 7.88. The molecule has 0 aliphatic heterocycles. The summed E-state index contributed by atoms with van der Waals surface area (Å²) in [4.78, 5) is 42.1. The molecule has 0 aliphatic rings. The van der Waals surface area contributed by atoms with Gasteiger partial charge in [0.15, 0.2) is 5.82 Å². The van der Waals surface area contributed by atoms with Crippen LogP contribution < -0.4 is 10.6 Å². The molecule has 2 amide bonds. The minimum atomic E-state index is -0.927. The second kappa shape index (κ2) is 7.75. The van der Waals surface area contributed by atoms with E-state index in [1.807, 2.05) is 0 Å². The predicted octanol–water partition coefficient (Wildman–Crippen LogP) is 3.19. The van der Waals surface area contributed by atoms with E-state index in [0.717, 1.165) is 0 Å². The van der Waals surface area contributed by atoms with Crippen molar-refractivity contribution in [3.8, 4) is 11.3 Å². The van der Waals surface area contributed by atoms with Crippen molar-refractivity contribution in [2.45, 2.75) is 52.7 Å². The quantitative estimate of drug-likeness (QED) is 0.823. The summed E-state index contributed by atoms with van der Waals surface area (Å²) in [5, 5.41) is 0. The zero-order valence-electron chi connectivity index (χ0n) is 16.8. The van der Waals surface area contributed by atoms with Gasteiger partial charge in [-0.3, -0.25) is 0 Å². The summed E-state index contributed by atoms with van der Waals surface area (Å²) < 4.78 is 10.7. The van der Waals surface area contributed by atoms with E-state index in [2.05, 4.69) is 19.9 Å². The maximum Gasteiger partial charge on any atom is 0.425 e. The van der Waals surface area contributed by atoms with Gasteiger partial charge in [-0.25, -0.2) is 29.5 Å². The molecule has 0 bridgehead atoms. The van der Waals surface area contributed by atoms with Gasteiger partial charge in [0.2, 0.25) is 0 Å². The van der Waals surface area contributed by atoms with E-state index in [4.69, 9.17) is 15.2 Å². The summed E-state index contributed by atoms with van der Waals surface area (Å²) in [7, 11) is 0. The lowest BCUT2D eigenvalue weighted by Crippen LogP contribution is -2.44. The fourth-order valence-electron chi connectivity index (χ4n) is 2.03. The number of anilines is 2. The Morgan fingerprint density at radius 1 is 0.929 bits per heavy atom. The summed E-state index contributed by atoms with van der Waals surface area (Å²) in [6, 6.07) is 1.41. The Labute approximate surface area is 163 Å². The zero-order valence-corrected chi connectivity index (χ0v) is 16.8. The van der Waals surface area contributed by atoms with Crippen molar-refractivity contribution in [3.63, 3.8) is 0 Å². The molecule has 2 aromatic heterocycles. The molecule has 0 aromatic carbocycles. The lowest BCUT2D eigenvalue weighted by molar-refractivity contribution is 0.0429. The highest BCUT2D eigenvalue weighted by molar-refractivity contribution is 6.09. The highest BCUT2D eigenvalue weighted by atomic mass is 16.6. The van der Waals surface area contributed by atoms with Crippen LogP contribution in [0.3, 0.4) is 0 Å². The number of amides is 2. The molecule has 0 unspecified atom stereocenters. The van der Waals surface area contributed by atoms with Gasteiger partial charge in [0.05, 0.1) is 11.3 Å². The molecule has 150 valence electrons. The van der Waals surface area contributed by atoms with E-state index in [1.54, 1.807) is 41.5 Å². The number of hydrogen-bond donors (Lipinski definition) is 1. The van der Waals surface area contributed by atoms with Crippen LogP contribution in [0.4, 0.5) is 21.2 Å². The third-order valence-electron chi connectivity index (χ3n) is 3.05. The number of imide groups is 1.